The molecule has 0 unspecified atom stereocenters. The van der Waals surface area contributed by atoms with E-state index in [0.717, 1.165) is 0 Å². The third-order valence-electron chi connectivity index (χ3n) is 3.07. The van der Waals surface area contributed by atoms with Gasteiger partial charge in [0.2, 0.25) is 17.8 Å². The van der Waals surface area contributed by atoms with Crippen molar-refractivity contribution in [3.05, 3.63) is 18.7 Å². The lowest BCUT2D eigenvalue weighted by Gasteiger charge is -2.22. The van der Waals surface area contributed by atoms with Gasteiger partial charge in [-0.25, -0.2) is 19.9 Å². The molecule has 6 N–H and O–H groups in total. The summed E-state index contributed by atoms with van der Waals surface area (Å²) in [6.45, 7) is 3.51. The molecular formula is C13H15N9OS. The number of anilines is 3. The van der Waals surface area contributed by atoms with Gasteiger partial charge in [-0.15, -0.1) is 0 Å². The van der Waals surface area contributed by atoms with Crippen molar-refractivity contribution in [1.29, 1.82) is 0 Å². The maximum atomic E-state index is 12.5. The maximum Gasteiger partial charge on any atom is 0.242 e. The van der Waals surface area contributed by atoms with Gasteiger partial charge < -0.3 is 16.5 Å². The van der Waals surface area contributed by atoms with Gasteiger partial charge in [-0.1, -0.05) is 11.8 Å². The monoisotopic (exact) mass is 345 g/mol. The highest BCUT2D eigenvalue weighted by Gasteiger charge is 2.31. The van der Waals surface area contributed by atoms with Gasteiger partial charge in [0.15, 0.2) is 5.65 Å². The number of amides is 1. The minimum absolute atomic E-state index is 0.0928. The van der Waals surface area contributed by atoms with E-state index in [2.05, 4.69) is 35.2 Å². The van der Waals surface area contributed by atoms with E-state index < -0.39 is 4.75 Å². The van der Waals surface area contributed by atoms with E-state index in [-0.39, 0.29) is 17.8 Å². The maximum absolute atomic E-state index is 12.5. The van der Waals surface area contributed by atoms with Gasteiger partial charge in [0.25, 0.3) is 0 Å². The average Bonchev–Trinajstić information content (AvgIpc) is 2.97. The zero-order valence-corrected chi connectivity index (χ0v) is 13.8. The van der Waals surface area contributed by atoms with Crippen molar-refractivity contribution in [3.8, 4) is 0 Å². The number of carbonyl (C=O) groups excluding carboxylic acids is 1. The number of nitrogens with two attached hydrogens (primary N) is 2. The van der Waals surface area contributed by atoms with Crippen LogP contribution in [0.1, 0.15) is 13.8 Å². The molecule has 124 valence electrons. The molecule has 3 aromatic rings. The summed E-state index contributed by atoms with van der Waals surface area (Å²) in [4.78, 5) is 35.7. The lowest BCUT2D eigenvalue weighted by molar-refractivity contribution is -0.117. The summed E-state index contributed by atoms with van der Waals surface area (Å²) in [6.07, 6.45) is 4.34. The smallest absolute Gasteiger partial charge is 0.242 e. The Morgan fingerprint density at radius 3 is 2.62 bits per heavy atom. The first-order chi connectivity index (χ1) is 11.3. The van der Waals surface area contributed by atoms with Crippen LogP contribution in [0.25, 0.3) is 11.2 Å². The van der Waals surface area contributed by atoms with Crippen LogP contribution >= 0.6 is 11.8 Å². The SMILES string of the molecule is CC(C)(Sc1nc(N)nc2nc[nH]c12)C(=O)Nc1ncc(N)cn1. The summed E-state index contributed by atoms with van der Waals surface area (Å²) in [5, 5.41) is 3.18. The van der Waals surface area contributed by atoms with Gasteiger partial charge >= 0.3 is 0 Å². The first-order valence-electron chi connectivity index (χ1n) is 6.90. The van der Waals surface area contributed by atoms with Crippen LogP contribution in [0.15, 0.2) is 23.7 Å². The Kier molecular flexibility index (Phi) is 3.93. The molecule has 0 aromatic carbocycles. The Morgan fingerprint density at radius 1 is 1.21 bits per heavy atom. The number of H-pyrrole nitrogens is 1. The number of nitrogens with one attached hydrogen (secondary N) is 2. The van der Waals surface area contributed by atoms with Gasteiger partial charge in [-0.2, -0.15) is 4.98 Å². The molecule has 0 saturated carbocycles. The van der Waals surface area contributed by atoms with E-state index in [1.165, 1.54) is 30.5 Å². The van der Waals surface area contributed by atoms with Crippen molar-refractivity contribution in [2.45, 2.75) is 23.6 Å². The molecule has 0 bridgehead atoms. The molecule has 0 aliphatic carbocycles. The van der Waals surface area contributed by atoms with E-state index in [4.69, 9.17) is 11.5 Å². The molecule has 0 aliphatic rings. The van der Waals surface area contributed by atoms with Crippen LogP contribution in [-0.4, -0.2) is 40.6 Å². The number of carbonyl (C=O) groups is 1. The predicted octanol–water partition coefficient (Wildman–Crippen LogP) is 0.817. The van der Waals surface area contributed by atoms with Crippen LogP contribution in [0.4, 0.5) is 17.6 Å². The molecule has 11 heteroatoms. The normalized spacial score (nSPS) is 11.6. The first kappa shape index (κ1) is 15.9. The number of imidazole rings is 1. The number of thioether (sulfide) groups is 1. The Labute approximate surface area is 140 Å². The number of rotatable bonds is 4. The largest absolute Gasteiger partial charge is 0.396 e. The standard InChI is InChI=1S/C13H15N9OS/c1-13(2,10(23)22-12-16-3-6(14)4-17-12)24-9-7-8(19-5-18-7)20-11(15)21-9/h3-5H,14H2,1-2H3,(H,16,17,22,23)(H3,15,18,19,20,21). The number of aromatic nitrogens is 6. The molecule has 3 heterocycles. The minimum Gasteiger partial charge on any atom is -0.396 e. The van der Waals surface area contributed by atoms with E-state index in [1.54, 1.807) is 13.8 Å². The summed E-state index contributed by atoms with van der Waals surface area (Å²) in [7, 11) is 0. The number of hydrogen-bond donors (Lipinski definition) is 4. The molecule has 10 nitrogen and oxygen atoms in total. The molecule has 0 aliphatic heterocycles. The van der Waals surface area contributed by atoms with Gasteiger partial charge in [0.05, 0.1) is 29.2 Å². The van der Waals surface area contributed by atoms with Crippen molar-refractivity contribution in [2.24, 2.45) is 0 Å². The van der Waals surface area contributed by atoms with Crippen molar-refractivity contribution in [1.82, 2.24) is 29.9 Å². The second kappa shape index (κ2) is 5.92. The molecule has 0 atom stereocenters. The van der Waals surface area contributed by atoms with Crippen LogP contribution in [0.5, 0.6) is 0 Å². The van der Waals surface area contributed by atoms with E-state index in [0.29, 0.717) is 21.9 Å². The number of nitrogen functional groups attached to an aromatic ring is 2. The Bertz CT molecular complexity index is 890. The van der Waals surface area contributed by atoms with E-state index in [1.807, 2.05) is 0 Å². The zero-order valence-electron chi connectivity index (χ0n) is 12.9. The second-order valence-corrected chi connectivity index (χ2v) is 7.01. The number of hydrogen-bond acceptors (Lipinski definition) is 9. The summed E-state index contributed by atoms with van der Waals surface area (Å²) >= 11 is 1.23. The Balaban J connectivity index is 1.82. The van der Waals surface area contributed by atoms with Gasteiger partial charge in [-0.3, -0.25) is 10.1 Å². The van der Waals surface area contributed by atoms with Crippen LogP contribution in [0.3, 0.4) is 0 Å². The molecule has 0 saturated heterocycles. The number of nitrogens with zero attached hydrogens (tertiary/aromatic N) is 5. The average molecular weight is 345 g/mol. The van der Waals surface area contributed by atoms with Crippen molar-refractivity contribution >= 4 is 46.4 Å². The highest BCUT2D eigenvalue weighted by molar-refractivity contribution is 8.01. The number of aromatic amines is 1. The molecule has 0 radical (unpaired) electrons. The van der Waals surface area contributed by atoms with Gasteiger partial charge in [0, 0.05) is 0 Å². The molecule has 3 aromatic heterocycles. The summed E-state index contributed by atoms with van der Waals surface area (Å²) in [6, 6.07) is 0. The topological polar surface area (TPSA) is 161 Å². The molecule has 1 amide bonds. The molecule has 0 fully saturated rings. The fourth-order valence-electron chi connectivity index (χ4n) is 1.84. The summed E-state index contributed by atoms with van der Waals surface area (Å²) in [5.41, 5.74) is 12.7. The molecule has 24 heavy (non-hydrogen) atoms. The van der Waals surface area contributed by atoms with Gasteiger partial charge in [0.1, 0.15) is 10.5 Å². The van der Waals surface area contributed by atoms with Crippen LogP contribution < -0.4 is 16.8 Å². The highest BCUT2D eigenvalue weighted by atomic mass is 32.2. The Hall–Kier alpha value is -2.95. The summed E-state index contributed by atoms with van der Waals surface area (Å²) in [5.74, 6) is -0.0194. The van der Waals surface area contributed by atoms with Crippen LogP contribution in [0.2, 0.25) is 0 Å². The van der Waals surface area contributed by atoms with Crippen molar-refractivity contribution in [2.75, 3.05) is 16.8 Å². The highest BCUT2D eigenvalue weighted by Crippen LogP contribution is 2.35. The quantitative estimate of drug-likeness (QED) is 0.396. The lowest BCUT2D eigenvalue weighted by atomic mass is 10.2. The van der Waals surface area contributed by atoms with E-state index in [9.17, 15) is 4.79 Å². The summed E-state index contributed by atoms with van der Waals surface area (Å²) < 4.78 is -0.871. The molecule has 3 rings (SSSR count). The Morgan fingerprint density at radius 2 is 1.92 bits per heavy atom. The molecular weight excluding hydrogens is 330 g/mol. The fraction of sp³-hybridized carbons (Fsp3) is 0.231. The van der Waals surface area contributed by atoms with E-state index >= 15 is 0 Å². The lowest BCUT2D eigenvalue weighted by Crippen LogP contribution is -2.34. The van der Waals surface area contributed by atoms with Crippen molar-refractivity contribution < 1.29 is 4.79 Å². The third-order valence-corrected chi connectivity index (χ3v) is 4.25. The predicted molar refractivity (Wildman–Crippen MR) is 91.1 cm³/mol. The second-order valence-electron chi connectivity index (χ2n) is 5.39. The minimum atomic E-state index is -0.871. The number of fused-ring (bicyclic) bond motifs is 1. The third kappa shape index (κ3) is 3.20. The fourth-order valence-corrected chi connectivity index (χ4v) is 2.86. The zero-order chi connectivity index (χ0) is 17.3. The first-order valence-corrected chi connectivity index (χ1v) is 7.71. The van der Waals surface area contributed by atoms with Gasteiger partial charge in [-0.05, 0) is 13.8 Å². The van der Waals surface area contributed by atoms with Crippen LogP contribution in [-0.2, 0) is 4.79 Å². The molecule has 0 spiro atoms. The van der Waals surface area contributed by atoms with Crippen LogP contribution in [0, 0.1) is 0 Å². The van der Waals surface area contributed by atoms with Crippen molar-refractivity contribution in [3.63, 3.8) is 0 Å².